The summed E-state index contributed by atoms with van der Waals surface area (Å²) in [5.74, 6) is -0.746. The van der Waals surface area contributed by atoms with Gasteiger partial charge in [-0.25, -0.2) is 4.98 Å². The standard InChI is InChI=1S/C24H32N4O4S/c1-17-16-33-24(25-17)27-20(29)12-13-21(30)28(14-15-32-2)22(18-8-4-3-5-9-18)23(31)26-19-10-6-7-11-19/h3-5,8-9,16,19,22H,6-7,10-15H2,1-2H3,(H,26,31)(H,25,27,29). The zero-order valence-electron chi connectivity index (χ0n) is 19.2. The number of aromatic nitrogens is 1. The number of nitrogens with zero attached hydrogens (tertiary/aromatic N) is 2. The maximum atomic E-state index is 13.4. The number of aryl methyl sites for hydroxylation is 1. The quantitative estimate of drug-likeness (QED) is 0.522. The highest BCUT2D eigenvalue weighted by molar-refractivity contribution is 7.13. The van der Waals surface area contributed by atoms with Crippen molar-refractivity contribution in [1.29, 1.82) is 0 Å². The Hall–Kier alpha value is -2.78. The fourth-order valence-corrected chi connectivity index (χ4v) is 4.71. The fraction of sp³-hybridized carbons (Fsp3) is 0.500. The summed E-state index contributed by atoms with van der Waals surface area (Å²) in [5.41, 5.74) is 1.57. The Balaban J connectivity index is 1.72. The Morgan fingerprint density at radius 1 is 1.18 bits per heavy atom. The van der Waals surface area contributed by atoms with Gasteiger partial charge in [-0.2, -0.15) is 0 Å². The SMILES string of the molecule is COCCN(C(=O)CCC(=O)Nc1nc(C)cs1)C(C(=O)NC1CCCC1)c1ccccc1. The van der Waals surface area contributed by atoms with Crippen LogP contribution >= 0.6 is 11.3 Å². The van der Waals surface area contributed by atoms with Gasteiger partial charge in [0.25, 0.3) is 0 Å². The van der Waals surface area contributed by atoms with Crippen molar-refractivity contribution in [3.8, 4) is 0 Å². The molecule has 0 saturated heterocycles. The molecule has 1 saturated carbocycles. The number of rotatable bonds is 11. The van der Waals surface area contributed by atoms with Crippen LogP contribution in [-0.4, -0.2) is 53.9 Å². The van der Waals surface area contributed by atoms with Crippen molar-refractivity contribution in [2.75, 3.05) is 25.6 Å². The molecular formula is C24H32N4O4S. The van der Waals surface area contributed by atoms with Gasteiger partial charge in [-0.3, -0.25) is 14.4 Å². The first-order valence-corrected chi connectivity index (χ1v) is 12.2. The molecule has 0 bridgehead atoms. The highest BCUT2D eigenvalue weighted by Crippen LogP contribution is 2.25. The summed E-state index contributed by atoms with van der Waals surface area (Å²) in [6.45, 7) is 2.39. The molecule has 8 nitrogen and oxygen atoms in total. The lowest BCUT2D eigenvalue weighted by Gasteiger charge is -2.32. The first-order valence-electron chi connectivity index (χ1n) is 11.3. The van der Waals surface area contributed by atoms with E-state index in [-0.39, 0.29) is 49.8 Å². The molecular weight excluding hydrogens is 440 g/mol. The van der Waals surface area contributed by atoms with E-state index in [0.717, 1.165) is 36.9 Å². The van der Waals surface area contributed by atoms with Crippen LogP contribution in [0.2, 0.25) is 0 Å². The minimum absolute atomic E-state index is 0.00664. The first kappa shape index (κ1) is 24.9. The number of ether oxygens (including phenoxy) is 1. The van der Waals surface area contributed by atoms with Gasteiger partial charge in [0.05, 0.1) is 12.3 Å². The molecule has 9 heteroatoms. The summed E-state index contributed by atoms with van der Waals surface area (Å²) in [5, 5.41) is 8.22. The number of benzene rings is 1. The molecule has 1 aromatic carbocycles. The second-order valence-electron chi connectivity index (χ2n) is 8.23. The van der Waals surface area contributed by atoms with Crippen LogP contribution < -0.4 is 10.6 Å². The lowest BCUT2D eigenvalue weighted by atomic mass is 10.0. The van der Waals surface area contributed by atoms with E-state index in [1.807, 2.05) is 42.6 Å². The number of methoxy groups -OCH3 is 1. The zero-order chi connectivity index (χ0) is 23.6. The van der Waals surface area contributed by atoms with Crippen LogP contribution in [0.3, 0.4) is 0 Å². The second kappa shape index (κ2) is 12.5. The molecule has 33 heavy (non-hydrogen) atoms. The lowest BCUT2D eigenvalue weighted by molar-refractivity contribution is -0.142. The van der Waals surface area contributed by atoms with Crippen molar-refractivity contribution in [3.63, 3.8) is 0 Å². The Morgan fingerprint density at radius 2 is 1.91 bits per heavy atom. The van der Waals surface area contributed by atoms with Gasteiger partial charge in [-0.1, -0.05) is 43.2 Å². The fourth-order valence-electron chi connectivity index (χ4n) is 4.00. The molecule has 3 amide bonds. The lowest BCUT2D eigenvalue weighted by Crippen LogP contribution is -2.47. The molecule has 2 N–H and O–H groups in total. The number of carbonyl (C=O) groups excluding carboxylic acids is 3. The van der Waals surface area contributed by atoms with E-state index in [9.17, 15) is 14.4 Å². The maximum Gasteiger partial charge on any atom is 0.247 e. The van der Waals surface area contributed by atoms with E-state index in [0.29, 0.717) is 5.13 Å². The molecule has 1 heterocycles. The van der Waals surface area contributed by atoms with Gasteiger partial charge in [-0.05, 0) is 25.3 Å². The molecule has 0 aliphatic heterocycles. The molecule has 1 fully saturated rings. The van der Waals surface area contributed by atoms with Crippen molar-refractivity contribution in [2.45, 2.75) is 57.5 Å². The Labute approximate surface area is 198 Å². The third-order valence-electron chi connectivity index (χ3n) is 5.66. The van der Waals surface area contributed by atoms with Crippen molar-refractivity contribution in [3.05, 3.63) is 47.0 Å². The number of amides is 3. The van der Waals surface area contributed by atoms with Gasteiger partial charge in [0.1, 0.15) is 6.04 Å². The molecule has 2 aromatic rings. The first-order chi connectivity index (χ1) is 16.0. The average molecular weight is 473 g/mol. The second-order valence-corrected chi connectivity index (χ2v) is 9.08. The van der Waals surface area contributed by atoms with Gasteiger partial charge < -0.3 is 20.3 Å². The number of carbonyl (C=O) groups is 3. The van der Waals surface area contributed by atoms with E-state index in [1.165, 1.54) is 16.2 Å². The van der Waals surface area contributed by atoms with E-state index in [2.05, 4.69) is 15.6 Å². The third-order valence-corrected chi connectivity index (χ3v) is 6.54. The summed E-state index contributed by atoms with van der Waals surface area (Å²) >= 11 is 1.34. The van der Waals surface area contributed by atoms with Crippen LogP contribution in [0.1, 0.15) is 55.8 Å². The molecule has 178 valence electrons. The topological polar surface area (TPSA) is 101 Å². The monoisotopic (exact) mass is 472 g/mol. The van der Waals surface area contributed by atoms with Gasteiger partial charge in [0.2, 0.25) is 17.7 Å². The Bertz CT molecular complexity index is 928. The zero-order valence-corrected chi connectivity index (χ0v) is 20.0. The minimum Gasteiger partial charge on any atom is -0.383 e. The van der Waals surface area contributed by atoms with Gasteiger partial charge in [0.15, 0.2) is 5.13 Å². The number of hydrogen-bond donors (Lipinski definition) is 2. The number of nitrogens with one attached hydrogen (secondary N) is 2. The van der Waals surface area contributed by atoms with E-state index < -0.39 is 6.04 Å². The highest BCUT2D eigenvalue weighted by Gasteiger charge is 2.32. The van der Waals surface area contributed by atoms with Gasteiger partial charge >= 0.3 is 0 Å². The molecule has 1 unspecified atom stereocenters. The molecule has 1 atom stereocenters. The number of anilines is 1. The summed E-state index contributed by atoms with van der Waals surface area (Å²) in [6.07, 6.45) is 4.10. The normalized spacial score (nSPS) is 14.6. The summed E-state index contributed by atoms with van der Waals surface area (Å²) in [7, 11) is 1.56. The predicted molar refractivity (Wildman–Crippen MR) is 128 cm³/mol. The number of hydrogen-bond acceptors (Lipinski definition) is 6. The van der Waals surface area contributed by atoms with Crippen LogP contribution in [0, 0.1) is 6.92 Å². The Morgan fingerprint density at radius 3 is 2.55 bits per heavy atom. The predicted octanol–water partition coefficient (Wildman–Crippen LogP) is 3.45. The van der Waals surface area contributed by atoms with Crippen LogP contribution in [0.5, 0.6) is 0 Å². The van der Waals surface area contributed by atoms with Gasteiger partial charge in [-0.15, -0.1) is 11.3 Å². The molecule has 3 rings (SSSR count). The summed E-state index contributed by atoms with van der Waals surface area (Å²) in [4.78, 5) is 44.7. The van der Waals surface area contributed by atoms with Crippen molar-refractivity contribution >= 4 is 34.2 Å². The molecule has 0 spiro atoms. The van der Waals surface area contributed by atoms with Crippen molar-refractivity contribution < 1.29 is 19.1 Å². The third kappa shape index (κ3) is 7.36. The minimum atomic E-state index is -0.779. The summed E-state index contributed by atoms with van der Waals surface area (Å²) in [6, 6.07) is 8.64. The van der Waals surface area contributed by atoms with E-state index in [4.69, 9.17) is 4.74 Å². The van der Waals surface area contributed by atoms with Crippen LogP contribution in [0.25, 0.3) is 0 Å². The maximum absolute atomic E-state index is 13.4. The van der Waals surface area contributed by atoms with Crippen LogP contribution in [0.4, 0.5) is 5.13 Å². The van der Waals surface area contributed by atoms with Crippen LogP contribution in [-0.2, 0) is 19.1 Å². The van der Waals surface area contributed by atoms with Crippen molar-refractivity contribution in [2.24, 2.45) is 0 Å². The summed E-state index contributed by atoms with van der Waals surface area (Å²) < 4.78 is 5.22. The molecule has 1 aliphatic carbocycles. The molecule has 0 radical (unpaired) electrons. The molecule has 1 aliphatic rings. The average Bonchev–Trinajstić information content (AvgIpc) is 3.47. The highest BCUT2D eigenvalue weighted by atomic mass is 32.1. The van der Waals surface area contributed by atoms with Crippen molar-refractivity contribution in [1.82, 2.24) is 15.2 Å². The molecule has 1 aromatic heterocycles. The smallest absolute Gasteiger partial charge is 0.247 e. The Kier molecular flexibility index (Phi) is 9.38. The van der Waals surface area contributed by atoms with Crippen LogP contribution in [0.15, 0.2) is 35.7 Å². The number of thiazole rings is 1. The van der Waals surface area contributed by atoms with Gasteiger partial charge in [0, 0.05) is 37.9 Å². The van der Waals surface area contributed by atoms with E-state index in [1.54, 1.807) is 7.11 Å². The van der Waals surface area contributed by atoms with E-state index >= 15 is 0 Å². The largest absolute Gasteiger partial charge is 0.383 e.